The van der Waals surface area contributed by atoms with Crippen molar-refractivity contribution in [3.8, 4) is 0 Å². The van der Waals surface area contributed by atoms with Crippen LogP contribution in [-0.2, 0) is 0 Å². The van der Waals surface area contributed by atoms with Crippen molar-refractivity contribution in [2.45, 2.75) is 46.6 Å². The van der Waals surface area contributed by atoms with Crippen molar-refractivity contribution < 1.29 is 14.7 Å². The smallest absolute Gasteiger partial charge is 0.193 e. The van der Waals surface area contributed by atoms with Gasteiger partial charge in [0.15, 0.2) is 11.6 Å². The molecule has 2 heterocycles. The molecule has 0 radical (unpaired) electrons. The van der Waals surface area contributed by atoms with E-state index in [4.69, 9.17) is 0 Å². The normalized spacial score (nSPS) is 18.4. The van der Waals surface area contributed by atoms with Crippen LogP contribution in [0.5, 0.6) is 0 Å². The van der Waals surface area contributed by atoms with Gasteiger partial charge in [0, 0.05) is 11.3 Å². The van der Waals surface area contributed by atoms with Gasteiger partial charge in [0.1, 0.15) is 0 Å². The fourth-order valence-electron chi connectivity index (χ4n) is 3.43. The number of aromatic nitrogens is 1. The lowest BCUT2D eigenvalue weighted by molar-refractivity contribution is 0.0662. The zero-order valence-corrected chi connectivity index (χ0v) is 13.9. The van der Waals surface area contributed by atoms with E-state index in [1.807, 2.05) is 20.8 Å². The fourth-order valence-corrected chi connectivity index (χ4v) is 3.43. The van der Waals surface area contributed by atoms with Crippen LogP contribution >= 0.6 is 0 Å². The molecule has 22 heavy (non-hydrogen) atoms. The zero-order chi connectivity index (χ0) is 16.4. The molecule has 1 aromatic heterocycles. The first-order chi connectivity index (χ1) is 10.3. The van der Waals surface area contributed by atoms with Crippen LogP contribution in [0.4, 0.5) is 0 Å². The Labute approximate surface area is 131 Å². The lowest BCUT2D eigenvalue weighted by atomic mass is 9.92. The minimum Gasteiger partial charge on any atom is -0.393 e. The summed E-state index contributed by atoms with van der Waals surface area (Å²) in [7, 11) is 0. The van der Waals surface area contributed by atoms with E-state index in [0.29, 0.717) is 23.7 Å². The van der Waals surface area contributed by atoms with Gasteiger partial charge < -0.3 is 10.1 Å². The Morgan fingerprint density at radius 1 is 1.32 bits per heavy atom. The number of aromatic amines is 1. The molecule has 0 spiro atoms. The molecule has 0 bridgehead atoms. The number of hydrogen-bond donors (Lipinski definition) is 2. The van der Waals surface area contributed by atoms with Gasteiger partial charge in [-0.3, -0.25) is 14.5 Å². The third kappa shape index (κ3) is 3.47. The second-order valence-electron chi connectivity index (χ2n) is 6.46. The van der Waals surface area contributed by atoms with E-state index in [-0.39, 0.29) is 17.7 Å². The van der Waals surface area contributed by atoms with Crippen LogP contribution in [0.1, 0.15) is 58.8 Å². The summed E-state index contributed by atoms with van der Waals surface area (Å²) in [4.78, 5) is 29.4. The van der Waals surface area contributed by atoms with Gasteiger partial charge in [-0.25, -0.2) is 0 Å². The van der Waals surface area contributed by atoms with Gasteiger partial charge in [-0.15, -0.1) is 0 Å². The standard InChI is InChI=1S/C17H26N2O3/c1-10-16(13(4)21)11(2)18-17(10)15(22)9-19-7-5-14(6-8-19)12(3)20/h12,14,18,20H,5-9H2,1-4H3. The van der Waals surface area contributed by atoms with Crippen LogP contribution in [0.15, 0.2) is 0 Å². The zero-order valence-electron chi connectivity index (χ0n) is 13.9. The minimum atomic E-state index is -0.274. The van der Waals surface area contributed by atoms with Crippen molar-refractivity contribution in [1.29, 1.82) is 0 Å². The number of aliphatic hydroxyl groups is 1. The summed E-state index contributed by atoms with van der Waals surface area (Å²) in [6.45, 7) is 9.05. The maximum atomic E-state index is 12.5. The number of aryl methyl sites for hydroxylation is 1. The SMILES string of the molecule is CC(=O)c1c(C)[nH]c(C(=O)CN2CCC(C(C)O)CC2)c1C. The molecule has 2 rings (SSSR count). The van der Waals surface area contributed by atoms with Gasteiger partial charge in [-0.1, -0.05) is 0 Å². The summed E-state index contributed by atoms with van der Waals surface area (Å²) in [6, 6.07) is 0. The molecule has 122 valence electrons. The van der Waals surface area contributed by atoms with E-state index in [1.54, 1.807) is 0 Å². The third-order valence-electron chi connectivity index (χ3n) is 4.75. The van der Waals surface area contributed by atoms with E-state index in [0.717, 1.165) is 37.2 Å². The highest BCUT2D eigenvalue weighted by Gasteiger charge is 2.26. The highest BCUT2D eigenvalue weighted by Crippen LogP contribution is 2.22. The number of H-pyrrole nitrogens is 1. The molecule has 0 aliphatic carbocycles. The van der Waals surface area contributed by atoms with Crippen LogP contribution < -0.4 is 0 Å². The molecule has 5 heteroatoms. The number of aliphatic hydroxyl groups excluding tert-OH is 1. The van der Waals surface area contributed by atoms with Crippen LogP contribution in [-0.4, -0.2) is 52.3 Å². The number of nitrogens with one attached hydrogen (secondary N) is 1. The van der Waals surface area contributed by atoms with Crippen molar-refractivity contribution >= 4 is 11.6 Å². The van der Waals surface area contributed by atoms with Crippen molar-refractivity contribution in [3.05, 3.63) is 22.5 Å². The summed E-state index contributed by atoms with van der Waals surface area (Å²) in [5.41, 5.74) is 2.71. The van der Waals surface area contributed by atoms with E-state index in [9.17, 15) is 14.7 Å². The highest BCUT2D eigenvalue weighted by atomic mass is 16.3. The maximum Gasteiger partial charge on any atom is 0.193 e. The van der Waals surface area contributed by atoms with E-state index in [2.05, 4.69) is 9.88 Å². The highest BCUT2D eigenvalue weighted by molar-refractivity contribution is 6.03. The lowest BCUT2D eigenvalue weighted by Crippen LogP contribution is -2.39. The van der Waals surface area contributed by atoms with Crippen molar-refractivity contribution in [2.24, 2.45) is 5.92 Å². The Hall–Kier alpha value is -1.46. The summed E-state index contributed by atoms with van der Waals surface area (Å²) in [5.74, 6) is 0.358. The maximum absolute atomic E-state index is 12.5. The second-order valence-corrected chi connectivity index (χ2v) is 6.46. The van der Waals surface area contributed by atoms with Gasteiger partial charge in [-0.05, 0) is 65.1 Å². The van der Waals surface area contributed by atoms with Crippen molar-refractivity contribution in [2.75, 3.05) is 19.6 Å². The number of rotatable bonds is 5. The predicted molar refractivity (Wildman–Crippen MR) is 85.4 cm³/mol. The molecule has 0 amide bonds. The number of carbonyl (C=O) groups excluding carboxylic acids is 2. The Balaban J connectivity index is 2.02. The first kappa shape index (κ1) is 16.9. The van der Waals surface area contributed by atoms with Gasteiger partial charge >= 0.3 is 0 Å². The van der Waals surface area contributed by atoms with E-state index in [1.165, 1.54) is 6.92 Å². The van der Waals surface area contributed by atoms with Gasteiger partial charge in [0.05, 0.1) is 18.3 Å². The quantitative estimate of drug-likeness (QED) is 0.817. The molecule has 1 fully saturated rings. The number of likely N-dealkylation sites (tertiary alicyclic amines) is 1. The Morgan fingerprint density at radius 3 is 2.36 bits per heavy atom. The van der Waals surface area contributed by atoms with Crippen LogP contribution in [0.3, 0.4) is 0 Å². The van der Waals surface area contributed by atoms with Gasteiger partial charge in [0.25, 0.3) is 0 Å². The minimum absolute atomic E-state index is 0.0111. The molecule has 1 saturated heterocycles. The number of Topliss-reactive ketones (excluding diaryl/α,β-unsaturated/α-hetero) is 2. The fraction of sp³-hybridized carbons (Fsp3) is 0.647. The number of hydrogen-bond acceptors (Lipinski definition) is 4. The van der Waals surface area contributed by atoms with E-state index < -0.39 is 0 Å². The summed E-state index contributed by atoms with van der Waals surface area (Å²) >= 11 is 0. The monoisotopic (exact) mass is 306 g/mol. The topological polar surface area (TPSA) is 73.4 Å². The number of nitrogens with zero attached hydrogens (tertiary/aromatic N) is 1. The molecule has 1 aliphatic heterocycles. The predicted octanol–water partition coefficient (Wildman–Crippen LogP) is 2.11. The first-order valence-corrected chi connectivity index (χ1v) is 7.95. The average molecular weight is 306 g/mol. The largest absolute Gasteiger partial charge is 0.393 e. The second kappa shape index (κ2) is 6.75. The lowest BCUT2D eigenvalue weighted by Gasteiger charge is -2.32. The molecule has 1 aromatic rings. The average Bonchev–Trinajstić information content (AvgIpc) is 2.74. The molecule has 1 unspecified atom stereocenters. The number of carbonyl (C=O) groups is 2. The molecule has 5 nitrogen and oxygen atoms in total. The Bertz CT molecular complexity index is 567. The number of piperidine rings is 1. The molecular formula is C17H26N2O3. The van der Waals surface area contributed by atoms with Crippen molar-refractivity contribution in [1.82, 2.24) is 9.88 Å². The first-order valence-electron chi connectivity index (χ1n) is 7.95. The molecule has 1 atom stereocenters. The summed E-state index contributed by atoms with van der Waals surface area (Å²) in [5, 5.41) is 9.62. The van der Waals surface area contributed by atoms with Crippen LogP contribution in [0.25, 0.3) is 0 Å². The molecular weight excluding hydrogens is 280 g/mol. The number of ketones is 2. The molecule has 1 aliphatic rings. The summed E-state index contributed by atoms with van der Waals surface area (Å²) in [6.07, 6.45) is 1.57. The Morgan fingerprint density at radius 2 is 1.91 bits per heavy atom. The Kier molecular flexibility index (Phi) is 5.19. The molecule has 2 N–H and O–H groups in total. The van der Waals surface area contributed by atoms with Gasteiger partial charge in [0.2, 0.25) is 0 Å². The van der Waals surface area contributed by atoms with Crippen LogP contribution in [0.2, 0.25) is 0 Å². The summed E-state index contributed by atoms with van der Waals surface area (Å²) < 4.78 is 0. The van der Waals surface area contributed by atoms with Crippen molar-refractivity contribution in [3.63, 3.8) is 0 Å². The van der Waals surface area contributed by atoms with Gasteiger partial charge in [-0.2, -0.15) is 0 Å². The van der Waals surface area contributed by atoms with Crippen LogP contribution in [0, 0.1) is 19.8 Å². The molecule has 0 aromatic carbocycles. The molecule has 0 saturated carbocycles. The van der Waals surface area contributed by atoms with E-state index >= 15 is 0 Å². The third-order valence-corrected chi connectivity index (χ3v) is 4.75.